The molecule has 29 heavy (non-hydrogen) atoms. The fourth-order valence-electron chi connectivity index (χ4n) is 2.96. The standard InChI is InChI=1S/C23H22N4O2/c1-15(2)12-13-25-23(29)19(14-24)20-17-10-6-7-11-18(17)21(26-20)27-22(28)16-8-4-3-5-9-16/h3-11,15H,12-13H2,1-2H3,(H,25,29)(H,26,27,28). The monoisotopic (exact) mass is 386 g/mol. The van der Waals surface area contributed by atoms with Crippen LogP contribution in [0.5, 0.6) is 0 Å². The van der Waals surface area contributed by atoms with Gasteiger partial charge in [0.2, 0.25) is 0 Å². The van der Waals surface area contributed by atoms with Gasteiger partial charge < -0.3 is 10.6 Å². The third kappa shape index (κ3) is 4.58. The second-order valence-corrected chi connectivity index (χ2v) is 7.10. The van der Waals surface area contributed by atoms with Crippen LogP contribution in [-0.4, -0.2) is 24.2 Å². The summed E-state index contributed by atoms with van der Waals surface area (Å²) in [5, 5.41) is 15.2. The Morgan fingerprint density at radius 1 is 1.03 bits per heavy atom. The lowest BCUT2D eigenvalue weighted by molar-refractivity contribution is -0.117. The normalized spacial score (nSPS) is 13.9. The molecule has 6 nitrogen and oxygen atoms in total. The topological polar surface area (TPSA) is 94.3 Å². The van der Waals surface area contributed by atoms with E-state index in [2.05, 4.69) is 29.5 Å². The quantitative estimate of drug-likeness (QED) is 0.610. The summed E-state index contributed by atoms with van der Waals surface area (Å²) in [4.78, 5) is 29.5. The van der Waals surface area contributed by atoms with Crippen LogP contribution in [0.2, 0.25) is 0 Å². The van der Waals surface area contributed by atoms with Gasteiger partial charge in [-0.1, -0.05) is 56.3 Å². The lowest BCUT2D eigenvalue weighted by Gasteiger charge is -2.07. The van der Waals surface area contributed by atoms with Crippen LogP contribution in [0.1, 0.15) is 41.8 Å². The number of nitriles is 1. The smallest absolute Gasteiger partial charge is 0.264 e. The maximum Gasteiger partial charge on any atom is 0.264 e. The van der Waals surface area contributed by atoms with Gasteiger partial charge in [0.05, 0.1) is 5.70 Å². The molecule has 0 spiro atoms. The number of nitrogens with one attached hydrogen (secondary N) is 2. The highest BCUT2D eigenvalue weighted by Crippen LogP contribution is 2.30. The van der Waals surface area contributed by atoms with Gasteiger partial charge in [-0.2, -0.15) is 5.26 Å². The number of amides is 2. The van der Waals surface area contributed by atoms with Gasteiger partial charge in [-0.05, 0) is 24.5 Å². The SMILES string of the molecule is CC(C)CCNC(=O)C(C#N)=C1N=C(NC(=O)c2ccccc2)c2ccccc21. The lowest BCUT2D eigenvalue weighted by Crippen LogP contribution is -2.30. The molecule has 0 bridgehead atoms. The molecule has 0 fully saturated rings. The van der Waals surface area contributed by atoms with Crippen LogP contribution in [-0.2, 0) is 4.79 Å². The molecule has 1 heterocycles. The van der Waals surface area contributed by atoms with Crippen molar-refractivity contribution in [1.29, 1.82) is 5.26 Å². The third-order valence-corrected chi connectivity index (χ3v) is 4.51. The summed E-state index contributed by atoms with van der Waals surface area (Å²) in [7, 11) is 0. The zero-order valence-electron chi connectivity index (χ0n) is 16.4. The first-order chi connectivity index (χ1) is 14.0. The van der Waals surface area contributed by atoms with E-state index in [4.69, 9.17) is 0 Å². The van der Waals surface area contributed by atoms with Crippen LogP contribution < -0.4 is 10.6 Å². The average Bonchev–Trinajstić information content (AvgIpc) is 3.07. The Bertz CT molecular complexity index is 1030. The highest BCUT2D eigenvalue weighted by molar-refractivity contribution is 6.20. The van der Waals surface area contributed by atoms with Crippen molar-refractivity contribution in [2.45, 2.75) is 20.3 Å². The lowest BCUT2D eigenvalue weighted by atomic mass is 10.0. The number of benzene rings is 2. The molecule has 3 rings (SSSR count). The van der Waals surface area contributed by atoms with Crippen molar-refractivity contribution >= 4 is 23.3 Å². The van der Waals surface area contributed by atoms with Gasteiger partial charge in [-0.3, -0.25) is 9.59 Å². The molecule has 0 aliphatic carbocycles. The Balaban J connectivity index is 1.92. The Kier molecular flexibility index (Phi) is 6.20. The molecule has 1 aliphatic rings. The fraction of sp³-hybridized carbons (Fsp3) is 0.217. The van der Waals surface area contributed by atoms with Crippen LogP contribution >= 0.6 is 0 Å². The molecule has 146 valence electrons. The number of carbonyl (C=O) groups is 2. The first kappa shape index (κ1) is 20.0. The predicted octanol–water partition coefficient (Wildman–Crippen LogP) is 3.27. The highest BCUT2D eigenvalue weighted by atomic mass is 16.2. The molecule has 2 amide bonds. The third-order valence-electron chi connectivity index (χ3n) is 4.51. The van der Waals surface area contributed by atoms with E-state index < -0.39 is 5.91 Å². The van der Waals surface area contributed by atoms with E-state index >= 15 is 0 Å². The van der Waals surface area contributed by atoms with Crippen molar-refractivity contribution in [2.24, 2.45) is 10.9 Å². The van der Waals surface area contributed by atoms with Crippen LogP contribution in [0.25, 0.3) is 5.70 Å². The van der Waals surface area contributed by atoms with E-state index in [0.717, 1.165) is 6.42 Å². The van der Waals surface area contributed by atoms with Crippen LogP contribution in [0.15, 0.2) is 65.2 Å². The number of fused-ring (bicyclic) bond motifs is 1. The Labute approximate surface area is 170 Å². The minimum atomic E-state index is -0.461. The summed E-state index contributed by atoms with van der Waals surface area (Å²) in [5.41, 5.74) is 2.02. The Morgan fingerprint density at radius 3 is 2.34 bits per heavy atom. The highest BCUT2D eigenvalue weighted by Gasteiger charge is 2.27. The predicted molar refractivity (Wildman–Crippen MR) is 112 cm³/mol. The maximum atomic E-state index is 12.6. The average molecular weight is 386 g/mol. The van der Waals surface area contributed by atoms with Gasteiger partial charge in [0, 0.05) is 23.2 Å². The molecule has 2 aromatic carbocycles. The summed E-state index contributed by atoms with van der Waals surface area (Å²) in [6.07, 6.45) is 0.817. The molecule has 0 aromatic heterocycles. The van der Waals surface area contributed by atoms with Crippen molar-refractivity contribution < 1.29 is 9.59 Å². The molecule has 2 aromatic rings. The van der Waals surface area contributed by atoms with Crippen LogP contribution in [0, 0.1) is 17.2 Å². The summed E-state index contributed by atoms with van der Waals surface area (Å²) in [6.45, 7) is 4.61. The van der Waals surface area contributed by atoms with Gasteiger partial charge in [0.1, 0.15) is 17.5 Å². The summed E-state index contributed by atoms with van der Waals surface area (Å²) >= 11 is 0. The van der Waals surface area contributed by atoms with E-state index in [-0.39, 0.29) is 17.2 Å². The van der Waals surface area contributed by atoms with Crippen molar-refractivity contribution in [3.63, 3.8) is 0 Å². The van der Waals surface area contributed by atoms with E-state index in [9.17, 15) is 14.9 Å². The van der Waals surface area contributed by atoms with E-state index in [1.807, 2.05) is 24.3 Å². The molecule has 0 radical (unpaired) electrons. The molecule has 6 heteroatoms. The minimum absolute atomic E-state index is 0.0647. The van der Waals surface area contributed by atoms with Crippen molar-refractivity contribution in [3.8, 4) is 6.07 Å². The molecular weight excluding hydrogens is 364 g/mol. The van der Waals surface area contributed by atoms with Gasteiger partial charge in [-0.25, -0.2) is 4.99 Å². The van der Waals surface area contributed by atoms with Crippen molar-refractivity contribution in [1.82, 2.24) is 10.6 Å². The number of amidine groups is 1. The molecule has 2 N–H and O–H groups in total. The van der Waals surface area contributed by atoms with E-state index in [1.54, 1.807) is 36.4 Å². The molecule has 1 aliphatic heterocycles. The maximum absolute atomic E-state index is 12.6. The first-order valence-electron chi connectivity index (χ1n) is 9.48. The van der Waals surface area contributed by atoms with E-state index in [1.165, 1.54) is 0 Å². The van der Waals surface area contributed by atoms with Crippen molar-refractivity contribution in [3.05, 3.63) is 76.9 Å². The van der Waals surface area contributed by atoms with Gasteiger partial charge in [0.15, 0.2) is 0 Å². The fourth-order valence-corrected chi connectivity index (χ4v) is 2.96. The number of hydrogen-bond donors (Lipinski definition) is 2. The Hall–Kier alpha value is -3.72. The zero-order chi connectivity index (χ0) is 20.8. The number of rotatable bonds is 5. The molecule has 0 saturated heterocycles. The van der Waals surface area contributed by atoms with Gasteiger partial charge >= 0.3 is 0 Å². The van der Waals surface area contributed by atoms with Gasteiger partial charge in [0.25, 0.3) is 11.8 Å². The van der Waals surface area contributed by atoms with Gasteiger partial charge in [-0.15, -0.1) is 0 Å². The molecule has 0 saturated carbocycles. The number of nitrogens with zero attached hydrogens (tertiary/aromatic N) is 2. The van der Waals surface area contributed by atoms with E-state index in [0.29, 0.717) is 35.0 Å². The molecule has 0 unspecified atom stereocenters. The number of carbonyl (C=O) groups excluding carboxylic acids is 2. The molecular formula is C23H22N4O2. The summed E-state index contributed by atoms with van der Waals surface area (Å²) in [5.74, 6) is 0.00309. The summed E-state index contributed by atoms with van der Waals surface area (Å²) < 4.78 is 0. The second kappa shape index (κ2) is 8.98. The van der Waals surface area contributed by atoms with Crippen LogP contribution in [0.3, 0.4) is 0 Å². The first-order valence-corrected chi connectivity index (χ1v) is 9.48. The largest absolute Gasteiger partial charge is 0.351 e. The molecule has 0 atom stereocenters. The zero-order valence-corrected chi connectivity index (χ0v) is 16.4. The summed E-state index contributed by atoms with van der Waals surface area (Å²) in [6, 6.07) is 18.0. The second-order valence-electron chi connectivity index (χ2n) is 7.10. The number of aliphatic imine (C=N–C) groups is 1. The van der Waals surface area contributed by atoms with Crippen LogP contribution in [0.4, 0.5) is 0 Å². The van der Waals surface area contributed by atoms with Crippen molar-refractivity contribution in [2.75, 3.05) is 6.54 Å². The Morgan fingerprint density at radius 2 is 1.69 bits per heavy atom. The number of hydrogen-bond acceptors (Lipinski definition) is 4. The minimum Gasteiger partial charge on any atom is -0.351 e.